The largest absolute Gasteiger partial charge is 0.361 e. The smallest absolute Gasteiger partial charge is 0.0670 e. The normalized spacial score (nSPS) is 19.0. The summed E-state index contributed by atoms with van der Waals surface area (Å²) in [6, 6.07) is 14.2. The molecule has 0 amide bonds. The van der Waals surface area contributed by atoms with Crippen LogP contribution in [0, 0.1) is 5.92 Å². The van der Waals surface area contributed by atoms with Crippen molar-refractivity contribution in [2.45, 2.75) is 39.2 Å². The van der Waals surface area contributed by atoms with Gasteiger partial charge in [-0.05, 0) is 61.2 Å². The summed E-state index contributed by atoms with van der Waals surface area (Å²) >= 11 is 18.8. The molecule has 2 atom stereocenters. The molecule has 0 saturated carbocycles. The lowest BCUT2D eigenvalue weighted by Gasteiger charge is -2.43. The van der Waals surface area contributed by atoms with Crippen molar-refractivity contribution in [1.29, 1.82) is 0 Å². The summed E-state index contributed by atoms with van der Waals surface area (Å²) in [6.45, 7) is 8.74. The quantitative estimate of drug-likeness (QED) is 0.445. The van der Waals surface area contributed by atoms with Gasteiger partial charge >= 0.3 is 0 Å². The van der Waals surface area contributed by atoms with Gasteiger partial charge in [-0.25, -0.2) is 0 Å². The molecule has 2 aromatic rings. The van der Waals surface area contributed by atoms with E-state index in [4.69, 9.17) is 34.8 Å². The van der Waals surface area contributed by atoms with Gasteiger partial charge in [0.2, 0.25) is 0 Å². The molecular weight excluding hydrogens is 411 g/mol. The first kappa shape index (κ1) is 21.8. The van der Waals surface area contributed by atoms with Crippen LogP contribution in [0.25, 0.3) is 0 Å². The number of nitrogens with zero attached hydrogens (tertiary/aromatic N) is 2. The Bertz CT molecular complexity index is 763. The average molecular weight is 440 g/mol. The Morgan fingerprint density at radius 3 is 2.39 bits per heavy atom. The second-order valence-electron chi connectivity index (χ2n) is 7.81. The highest BCUT2D eigenvalue weighted by Crippen LogP contribution is 2.36. The molecule has 1 aliphatic heterocycles. The summed E-state index contributed by atoms with van der Waals surface area (Å²) < 4.78 is 0. The molecule has 3 rings (SSSR count). The summed E-state index contributed by atoms with van der Waals surface area (Å²) in [6.07, 6.45) is 3.81. The third-order valence-corrected chi connectivity index (χ3v) is 6.60. The van der Waals surface area contributed by atoms with Gasteiger partial charge in [0.15, 0.2) is 0 Å². The molecule has 2 unspecified atom stereocenters. The Labute approximate surface area is 184 Å². The molecule has 1 fully saturated rings. The molecule has 0 radical (unpaired) electrons. The van der Waals surface area contributed by atoms with Gasteiger partial charge in [0.1, 0.15) is 0 Å². The molecule has 0 spiro atoms. The number of anilines is 1. The molecule has 1 aliphatic rings. The lowest BCUT2D eigenvalue weighted by molar-refractivity contribution is 0.215. The van der Waals surface area contributed by atoms with E-state index in [-0.39, 0.29) is 6.04 Å². The van der Waals surface area contributed by atoms with Crippen LogP contribution in [0.2, 0.25) is 15.1 Å². The van der Waals surface area contributed by atoms with Crippen LogP contribution in [0.15, 0.2) is 42.5 Å². The van der Waals surface area contributed by atoms with E-state index >= 15 is 0 Å². The number of hydrogen-bond donors (Lipinski definition) is 0. The highest BCUT2D eigenvalue weighted by molar-refractivity contribution is 6.36. The van der Waals surface area contributed by atoms with E-state index in [1.165, 1.54) is 24.8 Å². The molecule has 1 heterocycles. The van der Waals surface area contributed by atoms with E-state index < -0.39 is 0 Å². The fourth-order valence-corrected chi connectivity index (χ4v) is 4.53. The van der Waals surface area contributed by atoms with E-state index in [1.807, 2.05) is 30.3 Å². The SMILES string of the molecule is CCC(C)CCCN1CCN(c2ccc(Cl)cc2Cl)C(c2ccc(Cl)cc2)C1. The molecule has 2 aromatic carbocycles. The Hall–Kier alpha value is -0.930. The lowest BCUT2D eigenvalue weighted by atomic mass is 9.99. The minimum atomic E-state index is 0.244. The molecule has 2 nitrogen and oxygen atoms in total. The third kappa shape index (κ3) is 5.57. The molecule has 0 N–H and O–H groups in total. The summed E-state index contributed by atoms with van der Waals surface area (Å²) in [5.74, 6) is 0.807. The van der Waals surface area contributed by atoms with Gasteiger partial charge in [-0.2, -0.15) is 0 Å². The molecule has 0 aliphatic carbocycles. The van der Waals surface area contributed by atoms with Crippen LogP contribution in [0.5, 0.6) is 0 Å². The standard InChI is InChI=1S/C23H29Cl3N2/c1-3-17(2)5-4-12-27-13-14-28(22-11-10-20(25)15-21(22)26)23(16-27)18-6-8-19(24)9-7-18/h6-11,15,17,23H,3-5,12-14,16H2,1-2H3. The number of rotatable bonds is 7. The first-order chi connectivity index (χ1) is 13.5. The third-order valence-electron chi connectivity index (χ3n) is 5.81. The van der Waals surface area contributed by atoms with E-state index in [2.05, 4.69) is 35.8 Å². The lowest BCUT2D eigenvalue weighted by Crippen LogP contribution is -2.48. The van der Waals surface area contributed by atoms with Crippen LogP contribution in [0.1, 0.15) is 44.7 Å². The molecule has 0 bridgehead atoms. The summed E-state index contributed by atoms with van der Waals surface area (Å²) in [5, 5.41) is 2.14. The summed E-state index contributed by atoms with van der Waals surface area (Å²) in [5.41, 5.74) is 2.31. The number of halogens is 3. The van der Waals surface area contributed by atoms with Gasteiger partial charge in [-0.1, -0.05) is 67.2 Å². The maximum absolute atomic E-state index is 6.55. The van der Waals surface area contributed by atoms with Gasteiger partial charge in [-0.3, -0.25) is 4.90 Å². The minimum absolute atomic E-state index is 0.244. The zero-order valence-electron chi connectivity index (χ0n) is 16.7. The van der Waals surface area contributed by atoms with Crippen LogP contribution >= 0.6 is 34.8 Å². The number of hydrogen-bond acceptors (Lipinski definition) is 2. The zero-order valence-corrected chi connectivity index (χ0v) is 18.9. The Balaban J connectivity index is 1.79. The molecule has 28 heavy (non-hydrogen) atoms. The topological polar surface area (TPSA) is 6.48 Å². The monoisotopic (exact) mass is 438 g/mol. The van der Waals surface area contributed by atoms with Crippen molar-refractivity contribution >= 4 is 40.5 Å². The Kier molecular flexibility index (Phi) is 7.93. The highest BCUT2D eigenvalue weighted by atomic mass is 35.5. The van der Waals surface area contributed by atoms with Crippen molar-refractivity contribution in [2.75, 3.05) is 31.1 Å². The van der Waals surface area contributed by atoms with E-state index in [0.717, 1.165) is 42.8 Å². The van der Waals surface area contributed by atoms with Crippen molar-refractivity contribution in [1.82, 2.24) is 4.90 Å². The molecule has 1 saturated heterocycles. The Morgan fingerprint density at radius 1 is 1.00 bits per heavy atom. The van der Waals surface area contributed by atoms with Crippen molar-refractivity contribution in [3.05, 3.63) is 63.1 Å². The Morgan fingerprint density at radius 2 is 1.71 bits per heavy atom. The van der Waals surface area contributed by atoms with Crippen LogP contribution in [0.3, 0.4) is 0 Å². The maximum atomic E-state index is 6.55. The predicted octanol–water partition coefficient (Wildman–Crippen LogP) is 7.34. The van der Waals surface area contributed by atoms with Crippen molar-refractivity contribution in [3.63, 3.8) is 0 Å². The molecule has 0 aromatic heterocycles. The predicted molar refractivity (Wildman–Crippen MR) is 123 cm³/mol. The second-order valence-corrected chi connectivity index (χ2v) is 9.09. The van der Waals surface area contributed by atoms with Gasteiger partial charge < -0.3 is 4.90 Å². The summed E-state index contributed by atoms with van der Waals surface area (Å²) in [4.78, 5) is 5.00. The highest BCUT2D eigenvalue weighted by Gasteiger charge is 2.29. The van der Waals surface area contributed by atoms with Gasteiger partial charge in [0, 0.05) is 29.7 Å². The van der Waals surface area contributed by atoms with E-state index in [1.54, 1.807) is 0 Å². The van der Waals surface area contributed by atoms with E-state index in [0.29, 0.717) is 10.0 Å². The van der Waals surface area contributed by atoms with E-state index in [9.17, 15) is 0 Å². The first-order valence-electron chi connectivity index (χ1n) is 10.2. The van der Waals surface area contributed by atoms with Crippen LogP contribution in [-0.4, -0.2) is 31.1 Å². The zero-order chi connectivity index (χ0) is 20.1. The van der Waals surface area contributed by atoms with Crippen LogP contribution in [-0.2, 0) is 0 Å². The fourth-order valence-electron chi connectivity index (χ4n) is 3.88. The summed E-state index contributed by atoms with van der Waals surface area (Å²) in [7, 11) is 0. The minimum Gasteiger partial charge on any atom is -0.361 e. The van der Waals surface area contributed by atoms with Gasteiger partial charge in [-0.15, -0.1) is 0 Å². The molecule has 152 valence electrons. The number of piperazine rings is 1. The number of benzene rings is 2. The van der Waals surface area contributed by atoms with Crippen molar-refractivity contribution in [2.24, 2.45) is 5.92 Å². The maximum Gasteiger partial charge on any atom is 0.0670 e. The average Bonchev–Trinajstić information content (AvgIpc) is 2.69. The van der Waals surface area contributed by atoms with Crippen molar-refractivity contribution in [3.8, 4) is 0 Å². The second kappa shape index (κ2) is 10.2. The van der Waals surface area contributed by atoms with Gasteiger partial charge in [0.05, 0.1) is 16.8 Å². The van der Waals surface area contributed by atoms with Crippen LogP contribution < -0.4 is 4.90 Å². The van der Waals surface area contributed by atoms with Gasteiger partial charge in [0.25, 0.3) is 0 Å². The first-order valence-corrected chi connectivity index (χ1v) is 11.3. The molecular formula is C23H29Cl3N2. The van der Waals surface area contributed by atoms with Crippen molar-refractivity contribution < 1.29 is 0 Å². The van der Waals surface area contributed by atoms with Crippen LogP contribution in [0.4, 0.5) is 5.69 Å². The molecule has 5 heteroatoms. The fraction of sp³-hybridized carbons (Fsp3) is 0.478.